The van der Waals surface area contributed by atoms with Crippen LogP contribution in [0.1, 0.15) is 6.92 Å². The zero-order valence-electron chi connectivity index (χ0n) is 7.95. The molecule has 0 unspecified atom stereocenters. The van der Waals surface area contributed by atoms with Crippen LogP contribution in [0.2, 0.25) is 5.02 Å². The van der Waals surface area contributed by atoms with Gasteiger partial charge in [-0.25, -0.2) is 4.98 Å². The first-order valence-corrected chi connectivity index (χ1v) is 5.75. The Morgan fingerprint density at radius 3 is 2.86 bits per heavy atom. The second-order valence-corrected chi connectivity index (χ2v) is 4.34. The van der Waals surface area contributed by atoms with Gasteiger partial charge in [0.2, 0.25) is 5.91 Å². The van der Waals surface area contributed by atoms with E-state index in [1.165, 1.54) is 18.0 Å². The Morgan fingerprint density at radius 2 is 2.36 bits per heavy atom. The molecule has 1 heterocycles. The number of nitrogens with zero attached hydrogens (tertiary/aromatic N) is 1. The quantitative estimate of drug-likeness (QED) is 0.867. The van der Waals surface area contributed by atoms with Crippen molar-refractivity contribution in [2.45, 2.75) is 12.2 Å². The molecular formula is C9H11ClN2OS. The van der Waals surface area contributed by atoms with Gasteiger partial charge in [0.1, 0.15) is 5.82 Å². The maximum absolute atomic E-state index is 11.4. The van der Waals surface area contributed by atoms with Crippen LogP contribution in [-0.2, 0) is 4.79 Å². The van der Waals surface area contributed by atoms with Crippen LogP contribution in [-0.4, -0.2) is 22.4 Å². The van der Waals surface area contributed by atoms with E-state index in [-0.39, 0.29) is 11.2 Å². The van der Waals surface area contributed by atoms with Gasteiger partial charge in [0, 0.05) is 6.20 Å². The zero-order chi connectivity index (χ0) is 10.6. The minimum absolute atomic E-state index is 0.0488. The molecule has 1 rings (SSSR count). The third kappa shape index (κ3) is 3.20. The average molecular weight is 231 g/mol. The van der Waals surface area contributed by atoms with E-state index in [2.05, 4.69) is 10.3 Å². The van der Waals surface area contributed by atoms with Gasteiger partial charge in [0.05, 0.1) is 10.3 Å². The zero-order valence-corrected chi connectivity index (χ0v) is 9.52. The van der Waals surface area contributed by atoms with Crippen LogP contribution in [0, 0.1) is 0 Å². The van der Waals surface area contributed by atoms with Crippen molar-refractivity contribution < 1.29 is 4.79 Å². The van der Waals surface area contributed by atoms with Gasteiger partial charge in [-0.2, -0.15) is 11.8 Å². The van der Waals surface area contributed by atoms with Gasteiger partial charge in [0.15, 0.2) is 0 Å². The molecule has 1 N–H and O–H groups in total. The number of halogens is 1. The highest BCUT2D eigenvalue weighted by Crippen LogP contribution is 2.12. The summed E-state index contributed by atoms with van der Waals surface area (Å²) < 4.78 is 0. The van der Waals surface area contributed by atoms with Crippen LogP contribution in [0.4, 0.5) is 5.82 Å². The number of amides is 1. The normalized spacial score (nSPS) is 12.2. The van der Waals surface area contributed by atoms with Crippen molar-refractivity contribution >= 4 is 35.1 Å². The monoisotopic (exact) mass is 230 g/mol. The number of nitrogens with one attached hydrogen (secondary N) is 1. The van der Waals surface area contributed by atoms with Crippen LogP contribution < -0.4 is 5.32 Å². The molecule has 0 fully saturated rings. The first-order chi connectivity index (χ1) is 6.63. The maximum atomic E-state index is 11.4. The summed E-state index contributed by atoms with van der Waals surface area (Å²) >= 11 is 7.15. The highest BCUT2D eigenvalue weighted by atomic mass is 35.5. The SMILES string of the molecule is CS[C@H](C)C(=O)Nc1ccc(Cl)cn1. The summed E-state index contributed by atoms with van der Waals surface area (Å²) in [6.45, 7) is 1.84. The molecule has 76 valence electrons. The number of pyridine rings is 1. The van der Waals surface area contributed by atoms with Crippen molar-refractivity contribution in [2.75, 3.05) is 11.6 Å². The smallest absolute Gasteiger partial charge is 0.238 e. The number of hydrogen-bond acceptors (Lipinski definition) is 3. The lowest BCUT2D eigenvalue weighted by Crippen LogP contribution is -2.22. The largest absolute Gasteiger partial charge is 0.310 e. The van der Waals surface area contributed by atoms with Crippen molar-refractivity contribution in [3.8, 4) is 0 Å². The first-order valence-electron chi connectivity index (χ1n) is 4.08. The summed E-state index contributed by atoms with van der Waals surface area (Å²) in [5.41, 5.74) is 0. The van der Waals surface area contributed by atoms with Gasteiger partial charge in [-0.3, -0.25) is 4.79 Å². The number of thioether (sulfide) groups is 1. The standard InChI is InChI=1S/C9H11ClN2OS/c1-6(14-2)9(13)12-8-4-3-7(10)5-11-8/h3-6H,1-2H3,(H,11,12,13)/t6-/m1/s1. The maximum Gasteiger partial charge on any atom is 0.238 e. The van der Waals surface area contributed by atoms with Crippen LogP contribution in [0.3, 0.4) is 0 Å². The summed E-state index contributed by atoms with van der Waals surface area (Å²) in [6, 6.07) is 3.36. The second-order valence-electron chi connectivity index (χ2n) is 2.73. The summed E-state index contributed by atoms with van der Waals surface area (Å²) in [5, 5.41) is 3.17. The van der Waals surface area contributed by atoms with E-state index < -0.39 is 0 Å². The Bertz CT molecular complexity index is 315. The molecule has 1 amide bonds. The minimum Gasteiger partial charge on any atom is -0.310 e. The van der Waals surface area contributed by atoms with E-state index in [1.807, 2.05) is 13.2 Å². The van der Waals surface area contributed by atoms with E-state index in [0.717, 1.165) is 0 Å². The Kier molecular flexibility index (Phi) is 4.22. The highest BCUT2D eigenvalue weighted by Gasteiger charge is 2.11. The van der Waals surface area contributed by atoms with E-state index in [0.29, 0.717) is 10.8 Å². The van der Waals surface area contributed by atoms with Crippen LogP contribution in [0.25, 0.3) is 0 Å². The molecule has 0 saturated carbocycles. The van der Waals surface area contributed by atoms with E-state index in [4.69, 9.17) is 11.6 Å². The fourth-order valence-electron chi connectivity index (χ4n) is 0.785. The molecule has 14 heavy (non-hydrogen) atoms. The number of aromatic nitrogens is 1. The predicted octanol–water partition coefficient (Wildman–Crippen LogP) is 2.42. The van der Waals surface area contributed by atoms with E-state index in [1.54, 1.807) is 12.1 Å². The number of anilines is 1. The van der Waals surface area contributed by atoms with E-state index >= 15 is 0 Å². The van der Waals surface area contributed by atoms with Gasteiger partial charge >= 0.3 is 0 Å². The lowest BCUT2D eigenvalue weighted by atomic mass is 10.4. The number of hydrogen-bond donors (Lipinski definition) is 1. The fraction of sp³-hybridized carbons (Fsp3) is 0.333. The molecule has 3 nitrogen and oxygen atoms in total. The highest BCUT2D eigenvalue weighted by molar-refractivity contribution is 7.99. The number of carbonyl (C=O) groups excluding carboxylic acids is 1. The molecule has 0 radical (unpaired) electrons. The summed E-state index contributed by atoms with van der Waals surface area (Å²) in [5.74, 6) is 0.479. The lowest BCUT2D eigenvalue weighted by Gasteiger charge is -2.08. The van der Waals surface area contributed by atoms with Crippen molar-refractivity contribution in [1.82, 2.24) is 4.98 Å². The molecule has 1 aromatic heterocycles. The fourth-order valence-corrected chi connectivity index (χ4v) is 1.17. The van der Waals surface area contributed by atoms with Crippen molar-refractivity contribution in [2.24, 2.45) is 0 Å². The second kappa shape index (κ2) is 5.22. The van der Waals surface area contributed by atoms with Gasteiger partial charge in [0.25, 0.3) is 0 Å². The van der Waals surface area contributed by atoms with Gasteiger partial charge in [-0.1, -0.05) is 11.6 Å². The van der Waals surface area contributed by atoms with Crippen LogP contribution in [0.5, 0.6) is 0 Å². The average Bonchev–Trinajstić information content (AvgIpc) is 2.20. The molecule has 0 spiro atoms. The van der Waals surface area contributed by atoms with E-state index in [9.17, 15) is 4.79 Å². The van der Waals surface area contributed by atoms with Gasteiger partial charge < -0.3 is 5.32 Å². The number of rotatable bonds is 3. The molecular weight excluding hydrogens is 220 g/mol. The molecule has 0 aliphatic heterocycles. The van der Waals surface area contributed by atoms with Crippen molar-refractivity contribution in [1.29, 1.82) is 0 Å². The third-order valence-corrected chi connectivity index (χ3v) is 2.85. The topological polar surface area (TPSA) is 42.0 Å². The molecule has 0 bridgehead atoms. The van der Waals surface area contributed by atoms with Crippen LogP contribution >= 0.6 is 23.4 Å². The molecule has 1 atom stereocenters. The molecule has 0 aliphatic rings. The Balaban J connectivity index is 2.60. The third-order valence-electron chi connectivity index (χ3n) is 1.70. The predicted molar refractivity (Wildman–Crippen MR) is 60.9 cm³/mol. The Labute approximate surface area is 92.2 Å². The minimum atomic E-state index is -0.0764. The van der Waals surface area contributed by atoms with Crippen molar-refractivity contribution in [3.05, 3.63) is 23.4 Å². The molecule has 0 saturated heterocycles. The van der Waals surface area contributed by atoms with Gasteiger partial charge in [-0.15, -0.1) is 0 Å². The molecule has 0 aromatic carbocycles. The van der Waals surface area contributed by atoms with Crippen molar-refractivity contribution in [3.63, 3.8) is 0 Å². The summed E-state index contributed by atoms with van der Waals surface area (Å²) in [4.78, 5) is 15.4. The summed E-state index contributed by atoms with van der Waals surface area (Å²) in [6.07, 6.45) is 3.39. The Morgan fingerprint density at radius 1 is 1.64 bits per heavy atom. The first kappa shape index (κ1) is 11.3. The summed E-state index contributed by atoms with van der Waals surface area (Å²) in [7, 11) is 0. The molecule has 5 heteroatoms. The Hall–Kier alpha value is -0.740. The number of carbonyl (C=O) groups is 1. The molecule has 1 aromatic rings. The van der Waals surface area contributed by atoms with Gasteiger partial charge in [-0.05, 0) is 25.3 Å². The molecule has 0 aliphatic carbocycles. The lowest BCUT2D eigenvalue weighted by molar-refractivity contribution is -0.115. The van der Waals surface area contributed by atoms with Crippen LogP contribution in [0.15, 0.2) is 18.3 Å².